The molecular formula is C5H4BrN3. The van der Waals surface area contributed by atoms with Gasteiger partial charge in [0.15, 0.2) is 5.82 Å². The van der Waals surface area contributed by atoms with E-state index in [0.29, 0.717) is 5.82 Å². The van der Waals surface area contributed by atoms with E-state index in [0.717, 1.165) is 10.7 Å². The third kappa shape index (κ3) is 1.57. The van der Waals surface area contributed by atoms with Crippen LogP contribution >= 0.6 is 15.9 Å². The van der Waals surface area contributed by atoms with Crippen LogP contribution in [0.5, 0.6) is 0 Å². The molecule has 0 saturated heterocycles. The third-order valence-electron chi connectivity index (χ3n) is 0.769. The lowest BCUT2D eigenvalue weighted by molar-refractivity contribution is 1.12. The molecule has 1 aromatic heterocycles. The lowest BCUT2D eigenvalue weighted by Gasteiger charge is -1.87. The predicted molar refractivity (Wildman–Crippen MR) is 37.6 cm³/mol. The zero-order valence-corrected chi connectivity index (χ0v) is 6.09. The van der Waals surface area contributed by atoms with E-state index < -0.39 is 0 Å². The molecule has 46 valence electrons. The molecule has 4 heteroatoms. The smallest absolute Gasteiger partial charge is 0.169 e. The molecule has 0 amide bonds. The number of halogens is 1. The summed E-state index contributed by atoms with van der Waals surface area (Å²) in [4.78, 5) is 7.59. The first-order valence-electron chi connectivity index (χ1n) is 2.31. The summed E-state index contributed by atoms with van der Waals surface area (Å²) in [5, 5.41) is 6.75. The zero-order valence-electron chi connectivity index (χ0n) is 4.50. The molecule has 1 aromatic rings. The van der Waals surface area contributed by atoms with E-state index in [4.69, 9.17) is 5.41 Å². The highest BCUT2D eigenvalue weighted by Gasteiger charge is 1.87. The molecule has 0 radical (unpaired) electrons. The highest BCUT2D eigenvalue weighted by molar-refractivity contribution is 9.10. The first kappa shape index (κ1) is 6.35. The van der Waals surface area contributed by atoms with Crippen LogP contribution in [-0.2, 0) is 0 Å². The molecule has 0 saturated carbocycles. The molecule has 0 bridgehead atoms. The molecule has 0 aliphatic heterocycles. The lowest BCUT2D eigenvalue weighted by atomic mass is 10.6. The van der Waals surface area contributed by atoms with Crippen molar-refractivity contribution >= 4 is 22.1 Å². The van der Waals surface area contributed by atoms with Gasteiger partial charge in [-0.3, -0.25) is 0 Å². The molecule has 1 N–H and O–H groups in total. The maximum absolute atomic E-state index is 6.75. The number of nitrogens with one attached hydrogen (secondary N) is 1. The topological polar surface area (TPSA) is 49.6 Å². The minimum absolute atomic E-state index is 0.429. The Balaban J connectivity index is 3.01. The van der Waals surface area contributed by atoms with Crippen LogP contribution in [0.2, 0.25) is 0 Å². The van der Waals surface area contributed by atoms with Crippen LogP contribution in [0.25, 0.3) is 0 Å². The summed E-state index contributed by atoms with van der Waals surface area (Å²) in [7, 11) is 0. The normalized spacial score (nSPS) is 9.00. The van der Waals surface area contributed by atoms with Gasteiger partial charge in [0.25, 0.3) is 0 Å². The highest BCUT2D eigenvalue weighted by atomic mass is 79.9. The first-order chi connectivity index (χ1) is 4.33. The molecule has 0 aliphatic rings. The molecule has 0 aliphatic carbocycles. The van der Waals surface area contributed by atoms with E-state index in [1.54, 1.807) is 12.4 Å². The Kier molecular flexibility index (Phi) is 1.89. The van der Waals surface area contributed by atoms with Gasteiger partial charge in [-0.15, -0.1) is 0 Å². The van der Waals surface area contributed by atoms with E-state index in [-0.39, 0.29) is 0 Å². The van der Waals surface area contributed by atoms with E-state index in [1.807, 2.05) is 0 Å². The van der Waals surface area contributed by atoms with Crippen LogP contribution in [0.4, 0.5) is 0 Å². The molecule has 0 unspecified atom stereocenters. The summed E-state index contributed by atoms with van der Waals surface area (Å²) < 4.78 is 0.827. The molecule has 0 spiro atoms. The largest absolute Gasteiger partial charge is 0.305 e. The van der Waals surface area contributed by atoms with Crippen molar-refractivity contribution < 1.29 is 0 Å². The van der Waals surface area contributed by atoms with Gasteiger partial charge in [0, 0.05) is 12.4 Å². The zero-order chi connectivity index (χ0) is 6.69. The summed E-state index contributed by atoms with van der Waals surface area (Å²) in [6, 6.07) is 0. The van der Waals surface area contributed by atoms with Gasteiger partial charge >= 0.3 is 0 Å². The van der Waals surface area contributed by atoms with E-state index in [1.165, 1.54) is 0 Å². The summed E-state index contributed by atoms with van der Waals surface area (Å²) in [5.74, 6) is 0.429. The second-order valence-corrected chi connectivity index (χ2v) is 2.32. The molecule has 0 fully saturated rings. The van der Waals surface area contributed by atoms with E-state index in [2.05, 4.69) is 25.9 Å². The molecule has 0 aromatic carbocycles. The van der Waals surface area contributed by atoms with Crippen molar-refractivity contribution in [2.24, 2.45) is 0 Å². The fourth-order valence-corrected chi connectivity index (χ4v) is 0.602. The Bertz CT molecular complexity index is 206. The number of aromatic nitrogens is 2. The Hall–Kier alpha value is -0.770. The van der Waals surface area contributed by atoms with Crippen molar-refractivity contribution in [2.75, 3.05) is 0 Å². The number of rotatable bonds is 1. The second kappa shape index (κ2) is 2.68. The maximum Gasteiger partial charge on any atom is 0.169 e. The number of hydrogen-bond acceptors (Lipinski definition) is 3. The summed E-state index contributed by atoms with van der Waals surface area (Å²) in [6.07, 6.45) is 4.31. The van der Waals surface area contributed by atoms with Crippen molar-refractivity contribution in [3.63, 3.8) is 0 Å². The quantitative estimate of drug-likeness (QED) is 0.670. The minimum Gasteiger partial charge on any atom is -0.305 e. The molecular weight excluding hydrogens is 182 g/mol. The van der Waals surface area contributed by atoms with Crippen molar-refractivity contribution in [1.82, 2.24) is 9.97 Å². The summed E-state index contributed by atoms with van der Waals surface area (Å²) >= 11 is 3.17. The van der Waals surface area contributed by atoms with Gasteiger partial charge in [0.2, 0.25) is 0 Å². The van der Waals surface area contributed by atoms with Gasteiger partial charge in [-0.25, -0.2) is 9.97 Å². The minimum atomic E-state index is 0.429. The fourth-order valence-electron chi connectivity index (χ4n) is 0.397. The van der Waals surface area contributed by atoms with Crippen LogP contribution in [0, 0.1) is 5.41 Å². The third-order valence-corrected chi connectivity index (χ3v) is 1.18. The Labute approximate surface area is 60.8 Å². The van der Waals surface area contributed by atoms with E-state index in [9.17, 15) is 0 Å². The first-order valence-corrected chi connectivity index (χ1v) is 3.10. The van der Waals surface area contributed by atoms with Crippen molar-refractivity contribution in [1.29, 1.82) is 5.41 Å². The second-order valence-electron chi connectivity index (χ2n) is 1.40. The van der Waals surface area contributed by atoms with E-state index >= 15 is 0 Å². The highest BCUT2D eigenvalue weighted by Crippen LogP contribution is 2.02. The van der Waals surface area contributed by atoms with Gasteiger partial charge in [-0.05, 0) is 15.9 Å². The van der Waals surface area contributed by atoms with Gasteiger partial charge in [0.05, 0.1) is 10.7 Å². The van der Waals surface area contributed by atoms with Gasteiger partial charge in [-0.1, -0.05) is 0 Å². The maximum atomic E-state index is 6.75. The number of nitrogens with zero attached hydrogens (tertiary/aromatic N) is 2. The van der Waals surface area contributed by atoms with Gasteiger partial charge in [0.1, 0.15) is 0 Å². The van der Waals surface area contributed by atoms with Crippen LogP contribution in [0.3, 0.4) is 0 Å². The summed E-state index contributed by atoms with van der Waals surface area (Å²) in [5.41, 5.74) is 0. The van der Waals surface area contributed by atoms with Gasteiger partial charge < -0.3 is 5.41 Å². The molecule has 0 atom stereocenters. The van der Waals surface area contributed by atoms with Gasteiger partial charge in [-0.2, -0.15) is 0 Å². The van der Waals surface area contributed by atoms with Crippen LogP contribution in [0.15, 0.2) is 16.9 Å². The standard InChI is InChI=1S/C5H4BrN3/c6-4-2-8-5(1-7)9-3-4/h1-3,7H. The molecule has 1 heterocycles. The predicted octanol–water partition coefficient (Wildman–Crippen LogP) is 1.24. The Morgan fingerprint density at radius 2 is 2.00 bits per heavy atom. The SMILES string of the molecule is N=Cc1ncc(Br)cn1. The molecule has 9 heavy (non-hydrogen) atoms. The molecule has 3 nitrogen and oxygen atoms in total. The molecule has 1 rings (SSSR count). The van der Waals surface area contributed by atoms with Crippen molar-refractivity contribution in [3.05, 3.63) is 22.7 Å². The van der Waals surface area contributed by atoms with Crippen molar-refractivity contribution in [2.45, 2.75) is 0 Å². The monoisotopic (exact) mass is 185 g/mol. The Morgan fingerprint density at radius 3 is 2.44 bits per heavy atom. The van der Waals surface area contributed by atoms with Crippen LogP contribution in [-0.4, -0.2) is 16.2 Å². The van der Waals surface area contributed by atoms with Crippen LogP contribution in [0.1, 0.15) is 5.82 Å². The summed E-state index contributed by atoms with van der Waals surface area (Å²) in [6.45, 7) is 0. The number of hydrogen-bond donors (Lipinski definition) is 1. The lowest BCUT2D eigenvalue weighted by Crippen LogP contribution is -1.89. The van der Waals surface area contributed by atoms with Crippen molar-refractivity contribution in [3.8, 4) is 0 Å². The average molecular weight is 186 g/mol. The fraction of sp³-hybridized carbons (Fsp3) is 0. The van der Waals surface area contributed by atoms with Crippen LogP contribution < -0.4 is 0 Å². The Morgan fingerprint density at radius 1 is 1.44 bits per heavy atom. The average Bonchev–Trinajstić information content (AvgIpc) is 1.90.